The molecule has 3 N–H and O–H groups in total. The highest BCUT2D eigenvalue weighted by molar-refractivity contribution is 6.05. The van der Waals surface area contributed by atoms with Crippen LogP contribution in [0.4, 0.5) is 17.2 Å². The highest BCUT2D eigenvalue weighted by Gasteiger charge is 2.24. The molecule has 2 amide bonds. The number of carbonyl (C=O) groups is 2. The normalized spacial score (nSPS) is 14.6. The Hall–Kier alpha value is -4.76. The number of amides is 2. The number of benzene rings is 2. The molecule has 6 rings (SSSR count). The molecule has 9 nitrogen and oxygen atoms in total. The number of pyridine rings is 2. The molecule has 9 heteroatoms. The number of hydrogen-bond donors (Lipinski definition) is 3. The molecule has 3 heterocycles. The number of aliphatic hydroxyl groups excluding tert-OH is 1. The van der Waals surface area contributed by atoms with Crippen molar-refractivity contribution < 1.29 is 14.7 Å². The molecule has 0 spiro atoms. The molecule has 0 unspecified atom stereocenters. The zero-order valence-electron chi connectivity index (χ0n) is 23.5. The van der Waals surface area contributed by atoms with Crippen LogP contribution in [-0.4, -0.2) is 44.5 Å². The summed E-state index contributed by atoms with van der Waals surface area (Å²) in [4.78, 5) is 44.9. The van der Waals surface area contributed by atoms with Gasteiger partial charge in [-0.3, -0.25) is 14.4 Å². The Morgan fingerprint density at radius 2 is 1.71 bits per heavy atom. The minimum atomic E-state index is -0.313. The molecule has 1 aliphatic heterocycles. The first-order chi connectivity index (χ1) is 20.4. The van der Waals surface area contributed by atoms with Crippen LogP contribution in [0.15, 0.2) is 77.9 Å². The summed E-state index contributed by atoms with van der Waals surface area (Å²) in [6.45, 7) is 1.21. The smallest absolute Gasteiger partial charge is 0.274 e. The molecule has 4 aromatic rings. The van der Waals surface area contributed by atoms with Crippen molar-refractivity contribution in [2.24, 2.45) is 7.05 Å². The number of nitrogens with zero attached hydrogens (tertiary/aromatic N) is 3. The number of rotatable bonds is 8. The van der Waals surface area contributed by atoms with E-state index in [2.05, 4.69) is 15.6 Å². The Balaban J connectivity index is 1.24. The van der Waals surface area contributed by atoms with Crippen LogP contribution < -0.4 is 16.2 Å². The molecule has 0 atom stereocenters. The van der Waals surface area contributed by atoms with Crippen LogP contribution in [0.3, 0.4) is 0 Å². The van der Waals surface area contributed by atoms with Crippen molar-refractivity contribution in [3.8, 4) is 11.1 Å². The lowest BCUT2D eigenvalue weighted by atomic mass is 9.99. The van der Waals surface area contributed by atoms with Gasteiger partial charge in [-0.15, -0.1) is 0 Å². The zero-order valence-corrected chi connectivity index (χ0v) is 23.5. The molecule has 0 radical (unpaired) electrons. The Morgan fingerprint density at radius 3 is 2.38 bits per heavy atom. The molecule has 1 saturated heterocycles. The van der Waals surface area contributed by atoms with Crippen LogP contribution in [0.1, 0.15) is 63.4 Å². The standard InChI is InChI=1S/C33H33N5O4/c1-37-19-25(17-29(33(37)42)35-30-14-13-24(18-34-30)32(41)38-15-2-3-16-38)26-5-4-6-28(27(26)20-39)36-31(40)23-11-9-22(10-12-23)21-7-8-21/h4-6,9-14,17-19,21,39H,2-3,7-8,15-16,20H2,1H3,(H,34,35)(H,36,40). The lowest BCUT2D eigenvalue weighted by Crippen LogP contribution is -2.27. The first-order valence-electron chi connectivity index (χ1n) is 14.3. The molecule has 42 heavy (non-hydrogen) atoms. The topological polar surface area (TPSA) is 117 Å². The number of likely N-dealkylation sites (tertiary alicyclic amines) is 1. The van der Waals surface area contributed by atoms with Crippen molar-refractivity contribution in [2.75, 3.05) is 23.7 Å². The van der Waals surface area contributed by atoms with Gasteiger partial charge in [0.15, 0.2) is 0 Å². The van der Waals surface area contributed by atoms with Gasteiger partial charge in [0.05, 0.1) is 12.2 Å². The summed E-state index contributed by atoms with van der Waals surface area (Å²) in [6, 6.07) is 18.2. The third-order valence-electron chi connectivity index (χ3n) is 7.96. The molecule has 1 aliphatic carbocycles. The average Bonchev–Trinajstić information content (AvgIpc) is 3.72. The third kappa shape index (κ3) is 5.69. The van der Waals surface area contributed by atoms with Gasteiger partial charge in [-0.2, -0.15) is 0 Å². The molecule has 2 aromatic carbocycles. The monoisotopic (exact) mass is 563 g/mol. The molecule has 2 aromatic heterocycles. The van der Waals surface area contributed by atoms with Crippen LogP contribution in [0.2, 0.25) is 0 Å². The first-order valence-corrected chi connectivity index (χ1v) is 14.3. The maximum absolute atomic E-state index is 13.0. The molecular weight excluding hydrogens is 530 g/mol. The molecular formula is C33H33N5O4. The fourth-order valence-electron chi connectivity index (χ4n) is 5.45. The third-order valence-corrected chi connectivity index (χ3v) is 7.96. The number of aliphatic hydroxyl groups is 1. The van der Waals surface area contributed by atoms with Crippen molar-refractivity contribution >= 4 is 29.0 Å². The largest absolute Gasteiger partial charge is 0.392 e. The summed E-state index contributed by atoms with van der Waals surface area (Å²) in [5.41, 5.74) is 4.72. The van der Waals surface area contributed by atoms with Gasteiger partial charge < -0.3 is 25.2 Å². The van der Waals surface area contributed by atoms with Gasteiger partial charge in [0.2, 0.25) is 0 Å². The second kappa shape index (κ2) is 11.6. The quantitative estimate of drug-likeness (QED) is 0.276. The Morgan fingerprint density at radius 1 is 0.976 bits per heavy atom. The van der Waals surface area contributed by atoms with Gasteiger partial charge in [0.25, 0.3) is 17.4 Å². The SMILES string of the molecule is Cn1cc(-c2cccc(NC(=O)c3ccc(C4CC4)cc3)c2CO)cc(Nc2ccc(C(=O)N3CCCC3)cn2)c1=O. The fourth-order valence-corrected chi connectivity index (χ4v) is 5.45. The van der Waals surface area contributed by atoms with Gasteiger partial charge >= 0.3 is 0 Å². The fraction of sp³-hybridized carbons (Fsp3) is 0.273. The van der Waals surface area contributed by atoms with Crippen molar-refractivity contribution in [1.82, 2.24) is 14.5 Å². The predicted octanol–water partition coefficient (Wildman–Crippen LogP) is 5.05. The highest BCUT2D eigenvalue weighted by atomic mass is 16.3. The first kappa shape index (κ1) is 27.4. The average molecular weight is 564 g/mol. The van der Waals surface area contributed by atoms with Crippen LogP contribution >= 0.6 is 0 Å². The van der Waals surface area contributed by atoms with Gasteiger partial charge in [-0.25, -0.2) is 4.98 Å². The van der Waals surface area contributed by atoms with E-state index in [1.54, 1.807) is 43.6 Å². The lowest BCUT2D eigenvalue weighted by Gasteiger charge is -2.17. The molecule has 0 bridgehead atoms. The van der Waals surface area contributed by atoms with E-state index in [1.807, 2.05) is 35.2 Å². The summed E-state index contributed by atoms with van der Waals surface area (Å²) < 4.78 is 1.46. The van der Waals surface area contributed by atoms with E-state index in [-0.39, 0.29) is 29.7 Å². The van der Waals surface area contributed by atoms with Crippen LogP contribution in [0.25, 0.3) is 11.1 Å². The molecule has 1 saturated carbocycles. The van der Waals surface area contributed by atoms with E-state index in [9.17, 15) is 19.5 Å². The van der Waals surface area contributed by atoms with E-state index in [0.717, 1.165) is 25.9 Å². The Bertz CT molecular complexity index is 1690. The summed E-state index contributed by atoms with van der Waals surface area (Å²) in [5.74, 6) is 0.742. The van der Waals surface area contributed by atoms with E-state index in [4.69, 9.17) is 0 Å². The van der Waals surface area contributed by atoms with Crippen LogP contribution in [0.5, 0.6) is 0 Å². The van der Waals surface area contributed by atoms with E-state index in [1.165, 1.54) is 29.2 Å². The van der Waals surface area contributed by atoms with Crippen LogP contribution in [0, 0.1) is 0 Å². The Labute approximate surface area is 243 Å². The van der Waals surface area contributed by atoms with E-state index in [0.29, 0.717) is 45.2 Å². The van der Waals surface area contributed by atoms with Crippen LogP contribution in [-0.2, 0) is 13.7 Å². The highest BCUT2D eigenvalue weighted by Crippen LogP contribution is 2.40. The zero-order chi connectivity index (χ0) is 29.2. The summed E-state index contributed by atoms with van der Waals surface area (Å²) in [6.07, 6.45) is 7.63. The Kier molecular flexibility index (Phi) is 7.58. The summed E-state index contributed by atoms with van der Waals surface area (Å²) in [7, 11) is 1.65. The lowest BCUT2D eigenvalue weighted by molar-refractivity contribution is 0.0792. The van der Waals surface area contributed by atoms with Crippen molar-refractivity contribution in [3.63, 3.8) is 0 Å². The second-order valence-corrected chi connectivity index (χ2v) is 11.0. The number of aryl methyl sites for hydroxylation is 1. The summed E-state index contributed by atoms with van der Waals surface area (Å²) >= 11 is 0. The van der Waals surface area contributed by atoms with E-state index >= 15 is 0 Å². The minimum absolute atomic E-state index is 0.0387. The van der Waals surface area contributed by atoms with Crippen molar-refractivity contribution in [2.45, 2.75) is 38.2 Å². The number of aromatic nitrogens is 2. The number of hydrogen-bond acceptors (Lipinski definition) is 6. The van der Waals surface area contributed by atoms with E-state index < -0.39 is 0 Å². The second-order valence-electron chi connectivity index (χ2n) is 11.0. The van der Waals surface area contributed by atoms with Crippen molar-refractivity contribution in [3.05, 3.63) is 106 Å². The molecule has 214 valence electrons. The summed E-state index contributed by atoms with van der Waals surface area (Å²) in [5, 5.41) is 16.4. The number of nitrogens with one attached hydrogen (secondary N) is 2. The van der Waals surface area contributed by atoms with Gasteiger partial charge in [0, 0.05) is 54.9 Å². The minimum Gasteiger partial charge on any atom is -0.392 e. The molecule has 2 fully saturated rings. The van der Waals surface area contributed by atoms with Gasteiger partial charge in [0.1, 0.15) is 11.5 Å². The maximum Gasteiger partial charge on any atom is 0.274 e. The molecule has 2 aliphatic rings. The maximum atomic E-state index is 13.0. The predicted molar refractivity (Wildman–Crippen MR) is 162 cm³/mol. The van der Waals surface area contributed by atoms with Gasteiger partial charge in [-0.1, -0.05) is 24.3 Å². The number of carbonyl (C=O) groups excluding carboxylic acids is 2. The van der Waals surface area contributed by atoms with Crippen molar-refractivity contribution in [1.29, 1.82) is 0 Å². The number of anilines is 3. The van der Waals surface area contributed by atoms with Gasteiger partial charge in [-0.05, 0) is 79.1 Å².